The number of carbonyl (C=O) groups is 1. The molecular weight excluding hydrogens is 270 g/mol. The zero-order valence-corrected chi connectivity index (χ0v) is 12.0. The first-order valence-electron chi connectivity index (χ1n) is 5.71. The van der Waals surface area contributed by atoms with Crippen LogP contribution in [0.5, 0.6) is 11.5 Å². The van der Waals surface area contributed by atoms with Crippen LogP contribution in [-0.2, 0) is 9.53 Å². The average Bonchev–Trinajstić information content (AvgIpc) is 2.84. The summed E-state index contributed by atoms with van der Waals surface area (Å²) in [6.45, 7) is 3.68. The Hall–Kier alpha value is -1.46. The van der Waals surface area contributed by atoms with E-state index in [1.807, 2.05) is 18.2 Å². The molecule has 0 aliphatic carbocycles. The number of esters is 1. The molecule has 1 atom stereocenters. The molecule has 0 saturated carbocycles. The molecule has 0 aromatic heterocycles. The number of ether oxygens (including phenoxy) is 3. The standard InChI is InChI=1S/C13H17NO4.ClH/c1-13(2,12(15)16-3)11(14)8-5-4-6-9-10(8)18-7-17-9;/h4-6,11H,7,14H2,1-3H3;1H/t11-;/m1./s1. The second-order valence-corrected chi connectivity index (χ2v) is 4.77. The van der Waals surface area contributed by atoms with Crippen LogP contribution in [0.4, 0.5) is 0 Å². The van der Waals surface area contributed by atoms with Gasteiger partial charge in [0.1, 0.15) is 0 Å². The largest absolute Gasteiger partial charge is 0.469 e. The van der Waals surface area contributed by atoms with E-state index in [-0.39, 0.29) is 25.2 Å². The molecule has 0 radical (unpaired) electrons. The molecule has 0 amide bonds. The van der Waals surface area contributed by atoms with Crippen molar-refractivity contribution < 1.29 is 19.0 Å². The van der Waals surface area contributed by atoms with Gasteiger partial charge in [-0.05, 0) is 19.9 Å². The van der Waals surface area contributed by atoms with E-state index < -0.39 is 11.5 Å². The summed E-state index contributed by atoms with van der Waals surface area (Å²) in [6, 6.07) is 4.95. The van der Waals surface area contributed by atoms with Gasteiger partial charge in [0.25, 0.3) is 0 Å². The number of halogens is 1. The Morgan fingerprint density at radius 3 is 2.74 bits per heavy atom. The lowest BCUT2D eigenvalue weighted by atomic mass is 9.80. The van der Waals surface area contributed by atoms with Gasteiger partial charge in [0.05, 0.1) is 12.5 Å². The van der Waals surface area contributed by atoms with Crippen molar-refractivity contribution in [2.75, 3.05) is 13.9 Å². The highest BCUT2D eigenvalue weighted by molar-refractivity contribution is 5.85. The molecule has 0 unspecified atom stereocenters. The Morgan fingerprint density at radius 2 is 2.11 bits per heavy atom. The maximum absolute atomic E-state index is 11.8. The van der Waals surface area contributed by atoms with Crippen LogP contribution >= 0.6 is 12.4 Å². The lowest BCUT2D eigenvalue weighted by molar-refractivity contribution is -0.152. The van der Waals surface area contributed by atoms with E-state index in [0.29, 0.717) is 11.5 Å². The van der Waals surface area contributed by atoms with Gasteiger partial charge in [0.2, 0.25) is 6.79 Å². The second-order valence-electron chi connectivity index (χ2n) is 4.77. The molecule has 106 valence electrons. The van der Waals surface area contributed by atoms with Crippen molar-refractivity contribution in [1.82, 2.24) is 0 Å². The zero-order chi connectivity index (χ0) is 13.3. The highest BCUT2D eigenvalue weighted by Gasteiger charge is 2.39. The van der Waals surface area contributed by atoms with Crippen LogP contribution in [0.1, 0.15) is 25.5 Å². The first-order valence-corrected chi connectivity index (χ1v) is 5.71. The van der Waals surface area contributed by atoms with Crippen molar-refractivity contribution in [3.8, 4) is 11.5 Å². The molecular formula is C13H18ClNO4. The summed E-state index contributed by atoms with van der Waals surface area (Å²) in [5, 5.41) is 0. The summed E-state index contributed by atoms with van der Waals surface area (Å²) in [7, 11) is 1.35. The molecule has 19 heavy (non-hydrogen) atoms. The van der Waals surface area contributed by atoms with Crippen LogP contribution in [-0.4, -0.2) is 19.9 Å². The Labute approximate surface area is 118 Å². The quantitative estimate of drug-likeness (QED) is 0.862. The van der Waals surface area contributed by atoms with Gasteiger partial charge < -0.3 is 19.9 Å². The minimum Gasteiger partial charge on any atom is -0.469 e. The molecule has 0 spiro atoms. The third kappa shape index (κ3) is 2.62. The predicted octanol–water partition coefficient (Wildman–Crippen LogP) is 2.04. The van der Waals surface area contributed by atoms with Gasteiger partial charge in [0, 0.05) is 11.6 Å². The zero-order valence-electron chi connectivity index (χ0n) is 11.1. The van der Waals surface area contributed by atoms with E-state index in [0.717, 1.165) is 5.56 Å². The molecule has 2 N–H and O–H groups in total. The number of hydrogen-bond donors (Lipinski definition) is 1. The minimum atomic E-state index is -0.837. The van der Waals surface area contributed by atoms with Crippen molar-refractivity contribution in [2.24, 2.45) is 11.1 Å². The number of methoxy groups -OCH3 is 1. The van der Waals surface area contributed by atoms with E-state index in [9.17, 15) is 4.79 Å². The van der Waals surface area contributed by atoms with Crippen molar-refractivity contribution in [3.63, 3.8) is 0 Å². The van der Waals surface area contributed by atoms with Crippen LogP contribution in [0.2, 0.25) is 0 Å². The highest BCUT2D eigenvalue weighted by Crippen LogP contribution is 2.43. The van der Waals surface area contributed by atoms with Crippen LogP contribution in [0, 0.1) is 5.41 Å². The molecule has 0 saturated heterocycles. The normalized spacial score (nSPS) is 14.5. The molecule has 5 nitrogen and oxygen atoms in total. The predicted molar refractivity (Wildman–Crippen MR) is 72.5 cm³/mol. The van der Waals surface area contributed by atoms with Crippen LogP contribution in [0.3, 0.4) is 0 Å². The molecule has 1 aromatic rings. The van der Waals surface area contributed by atoms with Crippen molar-refractivity contribution in [1.29, 1.82) is 0 Å². The molecule has 0 fully saturated rings. The van der Waals surface area contributed by atoms with E-state index in [4.69, 9.17) is 19.9 Å². The Morgan fingerprint density at radius 1 is 1.42 bits per heavy atom. The Bertz CT molecular complexity index is 476. The number of hydrogen-bond acceptors (Lipinski definition) is 5. The number of benzene rings is 1. The smallest absolute Gasteiger partial charge is 0.313 e. The molecule has 2 rings (SSSR count). The molecule has 6 heteroatoms. The third-order valence-corrected chi connectivity index (χ3v) is 3.25. The number of fused-ring (bicyclic) bond motifs is 1. The van der Waals surface area contributed by atoms with Gasteiger partial charge in [-0.1, -0.05) is 12.1 Å². The molecule has 1 heterocycles. The molecule has 1 aliphatic rings. The summed E-state index contributed by atoms with van der Waals surface area (Å²) in [4.78, 5) is 11.8. The third-order valence-electron chi connectivity index (χ3n) is 3.25. The average molecular weight is 288 g/mol. The Balaban J connectivity index is 0.00000180. The number of carbonyl (C=O) groups excluding carboxylic acids is 1. The fourth-order valence-electron chi connectivity index (χ4n) is 1.98. The second kappa shape index (κ2) is 5.67. The first-order chi connectivity index (χ1) is 8.48. The lowest BCUT2D eigenvalue weighted by Gasteiger charge is -2.29. The van der Waals surface area contributed by atoms with E-state index in [1.54, 1.807) is 13.8 Å². The van der Waals surface area contributed by atoms with Crippen LogP contribution in [0.15, 0.2) is 18.2 Å². The highest BCUT2D eigenvalue weighted by atomic mass is 35.5. The van der Waals surface area contributed by atoms with Crippen LogP contribution < -0.4 is 15.2 Å². The van der Waals surface area contributed by atoms with Crippen molar-refractivity contribution in [2.45, 2.75) is 19.9 Å². The minimum absolute atomic E-state index is 0. The fourth-order valence-corrected chi connectivity index (χ4v) is 1.98. The molecule has 1 aliphatic heterocycles. The van der Waals surface area contributed by atoms with Gasteiger partial charge in [-0.3, -0.25) is 4.79 Å². The van der Waals surface area contributed by atoms with Gasteiger partial charge in [-0.15, -0.1) is 12.4 Å². The van der Waals surface area contributed by atoms with Crippen molar-refractivity contribution >= 4 is 18.4 Å². The maximum Gasteiger partial charge on any atom is 0.313 e. The number of para-hydroxylation sites is 1. The summed E-state index contributed by atoms with van der Waals surface area (Å²) >= 11 is 0. The lowest BCUT2D eigenvalue weighted by Crippen LogP contribution is -2.37. The van der Waals surface area contributed by atoms with E-state index in [1.165, 1.54) is 7.11 Å². The van der Waals surface area contributed by atoms with Gasteiger partial charge in [0.15, 0.2) is 11.5 Å². The van der Waals surface area contributed by atoms with Gasteiger partial charge in [-0.25, -0.2) is 0 Å². The van der Waals surface area contributed by atoms with E-state index >= 15 is 0 Å². The van der Waals surface area contributed by atoms with Crippen LogP contribution in [0.25, 0.3) is 0 Å². The summed E-state index contributed by atoms with van der Waals surface area (Å²) in [5.41, 5.74) is 6.10. The summed E-state index contributed by atoms with van der Waals surface area (Å²) in [6.07, 6.45) is 0. The van der Waals surface area contributed by atoms with E-state index in [2.05, 4.69) is 0 Å². The monoisotopic (exact) mass is 287 g/mol. The maximum atomic E-state index is 11.8. The topological polar surface area (TPSA) is 70.8 Å². The number of rotatable bonds is 3. The molecule has 1 aromatic carbocycles. The van der Waals surface area contributed by atoms with Gasteiger partial charge in [-0.2, -0.15) is 0 Å². The fraction of sp³-hybridized carbons (Fsp3) is 0.462. The van der Waals surface area contributed by atoms with Gasteiger partial charge >= 0.3 is 5.97 Å². The molecule has 0 bridgehead atoms. The Kier molecular flexibility index (Phi) is 4.66. The number of nitrogens with two attached hydrogens (primary N) is 1. The summed E-state index contributed by atoms with van der Waals surface area (Å²) < 4.78 is 15.5. The SMILES string of the molecule is COC(=O)C(C)(C)[C@H](N)c1cccc2c1OCO2.Cl. The van der Waals surface area contributed by atoms with Crippen molar-refractivity contribution in [3.05, 3.63) is 23.8 Å². The summed E-state index contributed by atoms with van der Waals surface area (Å²) in [5.74, 6) is 0.914. The first kappa shape index (κ1) is 15.6.